The molecule has 1 aliphatic heterocycles. The first-order valence-electron chi connectivity index (χ1n) is 10.4. The van der Waals surface area contributed by atoms with Gasteiger partial charge in [0, 0.05) is 44.4 Å². The summed E-state index contributed by atoms with van der Waals surface area (Å²) in [5.74, 6) is 0.238. The van der Waals surface area contributed by atoms with Gasteiger partial charge in [0.25, 0.3) is 0 Å². The van der Waals surface area contributed by atoms with Crippen LogP contribution in [0.25, 0.3) is 6.08 Å². The highest BCUT2D eigenvalue weighted by Crippen LogP contribution is 2.23. The third kappa shape index (κ3) is 5.37. The molecule has 2 aromatic rings. The van der Waals surface area contributed by atoms with E-state index in [-0.39, 0.29) is 23.9 Å². The van der Waals surface area contributed by atoms with Crippen LogP contribution in [0.5, 0.6) is 0 Å². The zero-order valence-corrected chi connectivity index (χ0v) is 19.9. The number of hydrogen-bond donors (Lipinski definition) is 0. The number of carbonyl (C=O) groups excluding carboxylic acids is 1. The highest BCUT2D eigenvalue weighted by atomic mass is 35.5. The summed E-state index contributed by atoms with van der Waals surface area (Å²) in [7, 11) is -3.55. The van der Waals surface area contributed by atoms with Gasteiger partial charge in [-0.1, -0.05) is 43.1 Å². The third-order valence-corrected chi connectivity index (χ3v) is 7.56. The second-order valence-corrected chi connectivity index (χ2v) is 10.5. The molecule has 168 valence electrons. The van der Waals surface area contributed by atoms with E-state index >= 15 is 0 Å². The van der Waals surface area contributed by atoms with Gasteiger partial charge in [-0.25, -0.2) is 8.42 Å². The number of aromatic nitrogens is 2. The average Bonchev–Trinajstić information content (AvgIpc) is 2.98. The molecule has 9 heteroatoms. The molecular formula is C22H29ClN4O3S. The minimum atomic E-state index is -3.55. The number of piperazine rings is 1. The Bertz CT molecular complexity index is 1070. The lowest BCUT2D eigenvalue weighted by atomic mass is 10.2. The summed E-state index contributed by atoms with van der Waals surface area (Å²) >= 11 is 6.43. The predicted octanol–water partition coefficient (Wildman–Crippen LogP) is 3.36. The molecule has 1 amide bonds. The molecule has 0 saturated carbocycles. The quantitative estimate of drug-likeness (QED) is 0.614. The molecule has 0 atom stereocenters. The van der Waals surface area contributed by atoms with Crippen LogP contribution < -0.4 is 0 Å². The largest absolute Gasteiger partial charge is 0.337 e. The molecule has 2 heterocycles. The first-order chi connectivity index (χ1) is 14.6. The van der Waals surface area contributed by atoms with Crippen LogP contribution in [0.1, 0.15) is 30.7 Å². The predicted molar refractivity (Wildman–Crippen MR) is 122 cm³/mol. The van der Waals surface area contributed by atoms with Gasteiger partial charge in [0.1, 0.15) is 5.15 Å². The molecule has 0 radical (unpaired) electrons. The van der Waals surface area contributed by atoms with Crippen molar-refractivity contribution in [1.29, 1.82) is 0 Å². The monoisotopic (exact) mass is 464 g/mol. The van der Waals surface area contributed by atoms with Crippen LogP contribution >= 0.6 is 11.6 Å². The highest BCUT2D eigenvalue weighted by molar-refractivity contribution is 7.89. The van der Waals surface area contributed by atoms with Crippen LogP contribution in [0, 0.1) is 19.8 Å². The van der Waals surface area contributed by atoms with Crippen molar-refractivity contribution in [3.05, 3.63) is 52.3 Å². The number of hydrogen-bond acceptors (Lipinski definition) is 4. The molecule has 0 bridgehead atoms. The summed E-state index contributed by atoms with van der Waals surface area (Å²) < 4.78 is 28.8. The second-order valence-electron chi connectivity index (χ2n) is 8.24. The van der Waals surface area contributed by atoms with E-state index in [0.717, 1.165) is 16.8 Å². The summed E-state index contributed by atoms with van der Waals surface area (Å²) in [6, 6.07) is 6.81. The van der Waals surface area contributed by atoms with Gasteiger partial charge in [-0.3, -0.25) is 9.48 Å². The highest BCUT2D eigenvalue weighted by Gasteiger charge is 2.29. The van der Waals surface area contributed by atoms with Crippen molar-refractivity contribution in [1.82, 2.24) is 19.0 Å². The maximum absolute atomic E-state index is 12.8. The lowest BCUT2D eigenvalue weighted by molar-refractivity contribution is -0.127. The summed E-state index contributed by atoms with van der Waals surface area (Å²) in [5.41, 5.74) is 2.51. The Balaban J connectivity index is 1.63. The van der Waals surface area contributed by atoms with E-state index < -0.39 is 10.0 Å². The average molecular weight is 465 g/mol. The standard InChI is InChI=1S/C22H29ClN4O3S/c1-16(2)15-27-22(23)20(18(4)24-27)9-10-21(28)25-11-13-26(14-12-25)31(29,30)19-7-5-17(3)6-8-19/h5-10,16H,11-15H2,1-4H3/b10-9+. The Morgan fingerprint density at radius 2 is 1.74 bits per heavy atom. The molecular weight excluding hydrogens is 436 g/mol. The van der Waals surface area contributed by atoms with Crippen molar-refractivity contribution in [2.75, 3.05) is 26.2 Å². The summed E-state index contributed by atoms with van der Waals surface area (Å²) in [5, 5.41) is 4.96. The number of sulfonamides is 1. The molecule has 1 aliphatic rings. The molecule has 3 rings (SSSR count). The van der Waals surface area contributed by atoms with E-state index in [9.17, 15) is 13.2 Å². The van der Waals surface area contributed by atoms with Crippen molar-refractivity contribution in [2.24, 2.45) is 5.92 Å². The van der Waals surface area contributed by atoms with E-state index in [1.807, 2.05) is 13.8 Å². The Morgan fingerprint density at radius 1 is 1.13 bits per heavy atom. The molecule has 0 spiro atoms. The minimum Gasteiger partial charge on any atom is -0.337 e. The molecule has 7 nitrogen and oxygen atoms in total. The third-order valence-electron chi connectivity index (χ3n) is 5.25. The van der Waals surface area contributed by atoms with Crippen molar-refractivity contribution in [3.8, 4) is 0 Å². The van der Waals surface area contributed by atoms with E-state index in [4.69, 9.17) is 11.6 Å². The van der Waals surface area contributed by atoms with Crippen molar-refractivity contribution in [2.45, 2.75) is 39.1 Å². The second kappa shape index (κ2) is 9.54. The summed E-state index contributed by atoms with van der Waals surface area (Å²) in [4.78, 5) is 14.6. The van der Waals surface area contributed by atoms with E-state index in [1.54, 1.807) is 39.9 Å². The molecule has 1 fully saturated rings. The van der Waals surface area contributed by atoms with E-state index in [2.05, 4.69) is 18.9 Å². The van der Waals surface area contributed by atoms with E-state index in [1.165, 1.54) is 10.4 Å². The Labute approximate surface area is 189 Å². The van der Waals surface area contributed by atoms with Gasteiger partial charge in [0.05, 0.1) is 10.6 Å². The van der Waals surface area contributed by atoms with Crippen molar-refractivity contribution in [3.63, 3.8) is 0 Å². The molecule has 1 aromatic carbocycles. The van der Waals surface area contributed by atoms with Gasteiger partial charge in [0.15, 0.2) is 0 Å². The Hall–Kier alpha value is -2.16. The maximum Gasteiger partial charge on any atom is 0.246 e. The number of halogens is 1. The number of nitrogens with zero attached hydrogens (tertiary/aromatic N) is 4. The number of carbonyl (C=O) groups is 1. The molecule has 0 N–H and O–H groups in total. The summed E-state index contributed by atoms with van der Waals surface area (Å²) in [6.07, 6.45) is 3.18. The topological polar surface area (TPSA) is 75.5 Å². The van der Waals surface area contributed by atoms with Crippen molar-refractivity contribution >= 4 is 33.6 Å². The smallest absolute Gasteiger partial charge is 0.246 e. The first-order valence-corrected chi connectivity index (χ1v) is 12.2. The lowest BCUT2D eigenvalue weighted by Crippen LogP contribution is -2.50. The first kappa shape index (κ1) is 23.5. The van der Waals surface area contributed by atoms with Gasteiger partial charge in [-0.15, -0.1) is 0 Å². The number of benzene rings is 1. The molecule has 1 saturated heterocycles. The van der Waals surface area contributed by atoms with Gasteiger partial charge in [0.2, 0.25) is 15.9 Å². The molecule has 0 unspecified atom stereocenters. The van der Waals surface area contributed by atoms with E-state index in [0.29, 0.717) is 30.7 Å². The Morgan fingerprint density at radius 3 is 2.32 bits per heavy atom. The normalized spacial score (nSPS) is 15.9. The zero-order chi connectivity index (χ0) is 22.8. The SMILES string of the molecule is Cc1ccc(S(=O)(=O)N2CCN(C(=O)/C=C/c3c(C)nn(CC(C)C)c3Cl)CC2)cc1. The van der Waals surface area contributed by atoms with Gasteiger partial charge >= 0.3 is 0 Å². The van der Waals surface area contributed by atoms with Crippen LogP contribution in [0.3, 0.4) is 0 Å². The maximum atomic E-state index is 12.8. The van der Waals surface area contributed by atoms with Gasteiger partial charge < -0.3 is 4.90 Å². The van der Waals surface area contributed by atoms with Crippen LogP contribution in [0.15, 0.2) is 35.2 Å². The summed E-state index contributed by atoms with van der Waals surface area (Å²) in [6.45, 7) is 9.87. The van der Waals surface area contributed by atoms with Gasteiger partial charge in [-0.2, -0.15) is 9.40 Å². The number of amides is 1. The fraction of sp³-hybridized carbons (Fsp3) is 0.455. The van der Waals surface area contributed by atoms with Crippen molar-refractivity contribution < 1.29 is 13.2 Å². The number of aryl methyl sites for hydroxylation is 2. The molecule has 31 heavy (non-hydrogen) atoms. The fourth-order valence-electron chi connectivity index (χ4n) is 3.49. The zero-order valence-electron chi connectivity index (χ0n) is 18.4. The molecule has 0 aliphatic carbocycles. The Kier molecular flexibility index (Phi) is 7.24. The fourth-order valence-corrected chi connectivity index (χ4v) is 5.22. The molecule has 1 aromatic heterocycles. The van der Waals surface area contributed by atoms with Crippen LogP contribution in [-0.2, 0) is 21.4 Å². The number of rotatable bonds is 6. The lowest BCUT2D eigenvalue weighted by Gasteiger charge is -2.33. The minimum absolute atomic E-state index is 0.167. The van der Waals surface area contributed by atoms with Crippen LogP contribution in [0.4, 0.5) is 0 Å². The van der Waals surface area contributed by atoms with Crippen LogP contribution in [0.2, 0.25) is 5.15 Å². The van der Waals surface area contributed by atoms with Gasteiger partial charge in [-0.05, 0) is 38.0 Å². The van der Waals surface area contributed by atoms with Crippen LogP contribution in [-0.4, -0.2) is 59.5 Å².